The van der Waals surface area contributed by atoms with E-state index in [9.17, 15) is 9.59 Å². The molecule has 1 saturated heterocycles. The normalized spacial score (nSPS) is 14.7. The third-order valence-corrected chi connectivity index (χ3v) is 8.00. The van der Waals surface area contributed by atoms with Crippen LogP contribution in [0.25, 0.3) is 11.0 Å². The number of hydrogen-bond donors (Lipinski definition) is 2. The maximum absolute atomic E-state index is 12.9. The van der Waals surface area contributed by atoms with E-state index in [-0.39, 0.29) is 18.0 Å². The van der Waals surface area contributed by atoms with Crippen molar-refractivity contribution in [3.8, 4) is 17.2 Å². The van der Waals surface area contributed by atoms with Gasteiger partial charge in [0.1, 0.15) is 34.1 Å². The number of aromatic nitrogens is 4. The van der Waals surface area contributed by atoms with E-state index in [0.717, 1.165) is 29.7 Å². The van der Waals surface area contributed by atoms with Crippen molar-refractivity contribution in [3.63, 3.8) is 0 Å². The van der Waals surface area contributed by atoms with Crippen LogP contribution >= 0.6 is 0 Å². The fraction of sp³-hybridized carbons (Fsp3) is 0.324. The van der Waals surface area contributed by atoms with E-state index in [4.69, 9.17) is 24.3 Å². The Morgan fingerprint density at radius 2 is 1.69 bits per heavy atom. The SMILES string of the molecule is COc1ccc(Cn2nc(NC3CCCN(C(=O)OC(C)(C)C)C3)c3c(Oc4ccc(C(=O)Nc5cc(C)ccn5)cc4)ccnc32)cc1. The summed E-state index contributed by atoms with van der Waals surface area (Å²) in [7, 11) is 1.64. The number of ether oxygens (including phenoxy) is 3. The van der Waals surface area contributed by atoms with Gasteiger partial charge in [-0.1, -0.05) is 12.1 Å². The lowest BCUT2D eigenvalue weighted by atomic mass is 10.1. The molecule has 1 aliphatic heterocycles. The van der Waals surface area contributed by atoms with Crippen LogP contribution in [-0.2, 0) is 11.3 Å². The topological polar surface area (TPSA) is 133 Å². The van der Waals surface area contributed by atoms with Gasteiger partial charge in [-0.25, -0.2) is 19.4 Å². The molecule has 6 rings (SSSR count). The van der Waals surface area contributed by atoms with Gasteiger partial charge in [-0.3, -0.25) is 4.79 Å². The van der Waals surface area contributed by atoms with Gasteiger partial charge in [0, 0.05) is 43.2 Å². The molecule has 0 aliphatic carbocycles. The summed E-state index contributed by atoms with van der Waals surface area (Å²) in [4.78, 5) is 36.4. The number of hydrogen-bond acceptors (Lipinski definition) is 9. The highest BCUT2D eigenvalue weighted by molar-refractivity contribution is 6.03. The number of methoxy groups -OCH3 is 1. The van der Waals surface area contributed by atoms with Gasteiger partial charge < -0.3 is 29.7 Å². The molecule has 0 bridgehead atoms. The maximum atomic E-state index is 12.9. The van der Waals surface area contributed by atoms with Gasteiger partial charge in [-0.05, 0) is 100 Å². The summed E-state index contributed by atoms with van der Waals surface area (Å²) < 4.78 is 19.2. The second-order valence-electron chi connectivity index (χ2n) is 13.1. The molecule has 2 amide bonds. The first kappa shape index (κ1) is 33.3. The molecule has 0 spiro atoms. The number of nitrogens with one attached hydrogen (secondary N) is 2. The van der Waals surface area contributed by atoms with Crippen LogP contribution in [0, 0.1) is 6.92 Å². The Kier molecular flexibility index (Phi) is 9.65. The third-order valence-electron chi connectivity index (χ3n) is 8.00. The highest BCUT2D eigenvalue weighted by Crippen LogP contribution is 2.35. The van der Waals surface area contributed by atoms with E-state index >= 15 is 0 Å². The molecule has 49 heavy (non-hydrogen) atoms. The van der Waals surface area contributed by atoms with Gasteiger partial charge in [0.15, 0.2) is 11.5 Å². The van der Waals surface area contributed by atoms with E-state index in [1.165, 1.54) is 0 Å². The molecule has 4 heterocycles. The number of likely N-dealkylation sites (tertiary alicyclic amines) is 1. The quantitative estimate of drug-likeness (QED) is 0.170. The molecule has 1 fully saturated rings. The predicted molar refractivity (Wildman–Crippen MR) is 188 cm³/mol. The van der Waals surface area contributed by atoms with Gasteiger partial charge >= 0.3 is 6.09 Å². The second kappa shape index (κ2) is 14.2. The summed E-state index contributed by atoms with van der Waals surface area (Å²) in [6.07, 6.45) is 4.69. The number of benzene rings is 2. The standard InChI is InChI=1S/C37H41N7O5/c1-24-16-18-38-31(21-24)41-35(45)26-10-14-29(15-11-26)48-30-17-19-39-34-32(30)33(42-44(34)22-25-8-12-28(47-5)13-9-25)40-27-7-6-20-43(23-27)36(46)49-37(2,3)4/h8-19,21,27H,6-7,20,22-23H2,1-5H3,(H,40,42)(H,38,41,45). The highest BCUT2D eigenvalue weighted by atomic mass is 16.6. The molecule has 3 aromatic heterocycles. The molecule has 254 valence electrons. The average molecular weight is 664 g/mol. The van der Waals surface area contributed by atoms with Crippen molar-refractivity contribution in [3.05, 3.63) is 95.8 Å². The number of piperidine rings is 1. The van der Waals surface area contributed by atoms with Crippen molar-refractivity contribution in [1.29, 1.82) is 0 Å². The second-order valence-corrected chi connectivity index (χ2v) is 13.1. The van der Waals surface area contributed by atoms with Crippen LogP contribution in [0.15, 0.2) is 79.1 Å². The number of amides is 2. The third kappa shape index (κ3) is 8.26. The molecule has 2 aromatic carbocycles. The fourth-order valence-electron chi connectivity index (χ4n) is 5.65. The number of carbonyl (C=O) groups excluding carboxylic acids is 2. The van der Waals surface area contributed by atoms with Crippen LogP contribution in [0.2, 0.25) is 0 Å². The summed E-state index contributed by atoms with van der Waals surface area (Å²) in [6.45, 7) is 9.11. The molecule has 1 unspecified atom stereocenters. The average Bonchev–Trinajstić information content (AvgIpc) is 3.42. The maximum Gasteiger partial charge on any atom is 0.410 e. The smallest absolute Gasteiger partial charge is 0.410 e. The Labute approximate surface area is 285 Å². The zero-order valence-electron chi connectivity index (χ0n) is 28.4. The molecule has 12 nitrogen and oxygen atoms in total. The van der Waals surface area contributed by atoms with Crippen LogP contribution in [0.1, 0.15) is 55.1 Å². The number of pyridine rings is 2. The van der Waals surface area contributed by atoms with Crippen molar-refractivity contribution >= 4 is 34.7 Å². The van der Waals surface area contributed by atoms with Gasteiger partial charge in [-0.2, -0.15) is 5.10 Å². The van der Waals surface area contributed by atoms with E-state index in [1.807, 2.05) is 68.8 Å². The van der Waals surface area contributed by atoms with Crippen molar-refractivity contribution in [1.82, 2.24) is 24.6 Å². The molecular formula is C37H41N7O5. The number of anilines is 2. The number of rotatable bonds is 9. The van der Waals surface area contributed by atoms with Crippen LogP contribution in [0.4, 0.5) is 16.4 Å². The summed E-state index contributed by atoms with van der Waals surface area (Å²) in [5.74, 6) is 2.69. The minimum atomic E-state index is -0.577. The Morgan fingerprint density at radius 3 is 2.41 bits per heavy atom. The molecule has 5 aromatic rings. The van der Waals surface area contributed by atoms with Crippen molar-refractivity contribution in [2.45, 2.75) is 58.7 Å². The van der Waals surface area contributed by atoms with Gasteiger partial charge in [0.25, 0.3) is 5.91 Å². The molecule has 0 saturated carbocycles. The summed E-state index contributed by atoms with van der Waals surface area (Å²) in [5.41, 5.74) is 2.55. The van der Waals surface area contributed by atoms with Crippen LogP contribution in [0.5, 0.6) is 17.2 Å². The highest BCUT2D eigenvalue weighted by Gasteiger charge is 2.29. The Hall–Kier alpha value is -5.65. The fourth-order valence-corrected chi connectivity index (χ4v) is 5.65. The summed E-state index contributed by atoms with van der Waals surface area (Å²) >= 11 is 0. The molecule has 12 heteroatoms. The number of carbonyl (C=O) groups is 2. The minimum absolute atomic E-state index is 0.0671. The first-order chi connectivity index (χ1) is 23.5. The van der Waals surface area contributed by atoms with Crippen molar-refractivity contribution in [2.75, 3.05) is 30.8 Å². The molecule has 1 atom stereocenters. The van der Waals surface area contributed by atoms with Gasteiger partial charge in [0.2, 0.25) is 0 Å². The van der Waals surface area contributed by atoms with Gasteiger partial charge in [-0.15, -0.1) is 0 Å². The molecule has 0 radical (unpaired) electrons. The molecular weight excluding hydrogens is 622 g/mol. The summed E-state index contributed by atoms with van der Waals surface area (Å²) in [5, 5.41) is 12.1. The zero-order chi connectivity index (χ0) is 34.5. The first-order valence-electron chi connectivity index (χ1n) is 16.3. The van der Waals surface area contributed by atoms with Gasteiger partial charge in [0.05, 0.1) is 13.7 Å². The first-order valence-corrected chi connectivity index (χ1v) is 16.3. The van der Waals surface area contributed by atoms with Crippen molar-refractivity contribution < 1.29 is 23.8 Å². The van der Waals surface area contributed by atoms with E-state index in [0.29, 0.717) is 59.4 Å². The van der Waals surface area contributed by atoms with Crippen LogP contribution in [-0.4, -0.2) is 68.5 Å². The Balaban J connectivity index is 1.27. The summed E-state index contributed by atoms with van der Waals surface area (Å²) in [6, 6.07) is 20.1. The number of nitrogens with zero attached hydrogens (tertiary/aromatic N) is 5. The largest absolute Gasteiger partial charge is 0.497 e. The number of aryl methyl sites for hydroxylation is 1. The van der Waals surface area contributed by atoms with Crippen LogP contribution in [0.3, 0.4) is 0 Å². The van der Waals surface area contributed by atoms with E-state index < -0.39 is 5.60 Å². The van der Waals surface area contributed by atoms with E-state index in [2.05, 4.69) is 15.6 Å². The lowest BCUT2D eigenvalue weighted by Gasteiger charge is -2.34. The number of fused-ring (bicyclic) bond motifs is 1. The van der Waals surface area contributed by atoms with E-state index in [1.54, 1.807) is 54.7 Å². The lowest BCUT2D eigenvalue weighted by molar-refractivity contribution is 0.0206. The minimum Gasteiger partial charge on any atom is -0.497 e. The Morgan fingerprint density at radius 1 is 0.959 bits per heavy atom. The lowest BCUT2D eigenvalue weighted by Crippen LogP contribution is -2.47. The zero-order valence-corrected chi connectivity index (χ0v) is 28.4. The predicted octanol–water partition coefficient (Wildman–Crippen LogP) is 7.05. The molecule has 1 aliphatic rings. The van der Waals surface area contributed by atoms with Crippen molar-refractivity contribution in [2.24, 2.45) is 0 Å². The Bertz CT molecular complexity index is 1930. The molecule has 2 N–H and O–H groups in total. The van der Waals surface area contributed by atoms with Crippen LogP contribution < -0.4 is 20.1 Å². The monoisotopic (exact) mass is 663 g/mol.